The van der Waals surface area contributed by atoms with Crippen LogP contribution in [0, 0.1) is 18.3 Å². The molecule has 1 aliphatic rings. The van der Waals surface area contributed by atoms with Gasteiger partial charge in [-0.2, -0.15) is 10.4 Å². The van der Waals surface area contributed by atoms with Crippen molar-refractivity contribution in [1.29, 1.82) is 5.26 Å². The van der Waals surface area contributed by atoms with E-state index < -0.39 is 0 Å². The van der Waals surface area contributed by atoms with Gasteiger partial charge in [0.1, 0.15) is 0 Å². The first-order valence-corrected chi connectivity index (χ1v) is 11.9. The predicted molar refractivity (Wildman–Crippen MR) is 142 cm³/mol. The van der Waals surface area contributed by atoms with Gasteiger partial charge in [0.2, 0.25) is 0 Å². The van der Waals surface area contributed by atoms with Crippen LogP contribution in [0.3, 0.4) is 0 Å². The zero-order valence-corrected chi connectivity index (χ0v) is 21.1. The van der Waals surface area contributed by atoms with Gasteiger partial charge in [0.25, 0.3) is 5.56 Å². The Kier molecular flexibility index (Phi) is 5.40. The summed E-state index contributed by atoms with van der Waals surface area (Å²) in [6.07, 6.45) is 3.73. The Balaban J connectivity index is 1.79. The number of fused-ring (bicyclic) bond motifs is 2. The van der Waals surface area contributed by atoms with E-state index in [0.29, 0.717) is 11.5 Å². The molecule has 35 heavy (non-hydrogen) atoms. The van der Waals surface area contributed by atoms with E-state index in [1.807, 2.05) is 39.3 Å². The summed E-state index contributed by atoms with van der Waals surface area (Å²) in [5, 5.41) is 15.4. The lowest BCUT2D eigenvalue weighted by molar-refractivity contribution is 0.768. The van der Waals surface area contributed by atoms with Gasteiger partial charge in [0.05, 0.1) is 40.4 Å². The number of aryl methyl sites for hydroxylation is 3. The number of hydrogen-bond acceptors (Lipinski definition) is 5. The Hall–Kier alpha value is -4.05. The summed E-state index contributed by atoms with van der Waals surface area (Å²) >= 11 is 0. The number of pyridine rings is 1. The van der Waals surface area contributed by atoms with E-state index in [9.17, 15) is 10.1 Å². The maximum absolute atomic E-state index is 12.7. The highest BCUT2D eigenvalue weighted by atomic mass is 16.1. The van der Waals surface area contributed by atoms with Crippen LogP contribution in [0.15, 0.2) is 47.5 Å². The largest absolute Gasteiger partial charge is 0.371 e. The van der Waals surface area contributed by atoms with E-state index in [0.717, 1.165) is 57.7 Å². The minimum atomic E-state index is 0.0241. The van der Waals surface area contributed by atoms with E-state index in [-0.39, 0.29) is 5.56 Å². The summed E-state index contributed by atoms with van der Waals surface area (Å²) in [5.74, 6) is 0.309. The van der Waals surface area contributed by atoms with Crippen LogP contribution in [0.4, 0.5) is 17.1 Å². The minimum Gasteiger partial charge on any atom is -0.371 e. The number of hydrogen-bond donors (Lipinski definition) is 0. The van der Waals surface area contributed by atoms with Crippen molar-refractivity contribution in [1.82, 2.24) is 14.3 Å². The van der Waals surface area contributed by atoms with Crippen LogP contribution in [0.2, 0.25) is 0 Å². The van der Waals surface area contributed by atoms with E-state index >= 15 is 0 Å². The van der Waals surface area contributed by atoms with E-state index in [1.54, 1.807) is 15.4 Å². The van der Waals surface area contributed by atoms with Crippen LogP contribution < -0.4 is 15.4 Å². The predicted octanol–water partition coefficient (Wildman–Crippen LogP) is 4.83. The van der Waals surface area contributed by atoms with Gasteiger partial charge in [-0.15, -0.1) is 0 Å². The topological polar surface area (TPSA) is 70.1 Å². The van der Waals surface area contributed by atoms with Crippen LogP contribution in [-0.2, 0) is 14.1 Å². The lowest BCUT2D eigenvalue weighted by Gasteiger charge is -2.38. The van der Waals surface area contributed by atoms with E-state index in [4.69, 9.17) is 0 Å². The van der Waals surface area contributed by atoms with Gasteiger partial charge in [0.15, 0.2) is 0 Å². The monoisotopic (exact) mass is 466 g/mol. The fourth-order valence-corrected chi connectivity index (χ4v) is 5.01. The number of likely N-dealkylation sites (N-methyl/N-ethyl adjacent to an activating group) is 1. The SMILES string of the molecule is Cc1cc2c(N3CCN(C)c4cc(-c5cnn(C)c5)c(C#N)cc43)cc(C(C)C)cc2n(C)c1=O. The van der Waals surface area contributed by atoms with Crippen molar-refractivity contribution in [2.24, 2.45) is 14.1 Å². The summed E-state index contributed by atoms with van der Waals surface area (Å²) in [4.78, 5) is 17.3. The molecule has 0 N–H and O–H groups in total. The molecule has 0 unspecified atom stereocenters. The standard InChI is InChI=1S/C28H30N6O/c1-17(2)19-10-24-23(9-18(3)28(35)33(24)6)25(11-19)34-8-7-31(4)26-13-22(20(14-29)12-27(26)34)21-15-30-32(5)16-21/h9-13,15-17H,7-8H2,1-6H3. The molecule has 7 nitrogen and oxygen atoms in total. The second kappa shape index (κ2) is 8.31. The minimum absolute atomic E-state index is 0.0241. The number of anilines is 3. The zero-order valence-electron chi connectivity index (χ0n) is 21.1. The van der Waals surface area contributed by atoms with Crippen LogP contribution in [0.25, 0.3) is 22.0 Å². The molecule has 0 fully saturated rings. The number of nitrogens with zero attached hydrogens (tertiary/aromatic N) is 6. The van der Waals surface area contributed by atoms with Crippen molar-refractivity contribution in [3.05, 3.63) is 69.8 Å². The maximum Gasteiger partial charge on any atom is 0.253 e. The summed E-state index contributed by atoms with van der Waals surface area (Å²) in [6, 6.07) is 12.9. The molecule has 0 radical (unpaired) electrons. The smallest absolute Gasteiger partial charge is 0.253 e. The number of benzene rings is 2. The molecular formula is C28H30N6O. The third-order valence-corrected chi connectivity index (χ3v) is 7.09. The third-order valence-electron chi connectivity index (χ3n) is 7.09. The highest BCUT2D eigenvalue weighted by Gasteiger charge is 2.26. The lowest BCUT2D eigenvalue weighted by atomic mass is 9.96. The molecular weight excluding hydrogens is 436 g/mol. The van der Waals surface area contributed by atoms with Crippen molar-refractivity contribution in [2.45, 2.75) is 26.7 Å². The van der Waals surface area contributed by atoms with Crippen LogP contribution in [-0.4, -0.2) is 34.5 Å². The van der Waals surface area contributed by atoms with Crippen molar-refractivity contribution < 1.29 is 0 Å². The molecule has 0 atom stereocenters. The highest BCUT2D eigenvalue weighted by Crippen LogP contribution is 2.44. The molecule has 3 heterocycles. The highest BCUT2D eigenvalue weighted by molar-refractivity contribution is 5.98. The van der Waals surface area contributed by atoms with E-state index in [1.165, 1.54) is 5.56 Å². The first-order valence-electron chi connectivity index (χ1n) is 11.9. The van der Waals surface area contributed by atoms with Crippen LogP contribution in [0.1, 0.15) is 36.5 Å². The average molecular weight is 467 g/mol. The summed E-state index contributed by atoms with van der Waals surface area (Å²) in [5.41, 5.74) is 8.41. The Morgan fingerprint density at radius 3 is 2.43 bits per heavy atom. The summed E-state index contributed by atoms with van der Waals surface area (Å²) in [7, 11) is 5.81. The molecule has 0 bridgehead atoms. The van der Waals surface area contributed by atoms with Gasteiger partial charge >= 0.3 is 0 Å². The summed E-state index contributed by atoms with van der Waals surface area (Å²) < 4.78 is 3.51. The lowest BCUT2D eigenvalue weighted by Crippen LogP contribution is -2.37. The van der Waals surface area contributed by atoms with Crippen molar-refractivity contribution >= 4 is 28.0 Å². The quantitative estimate of drug-likeness (QED) is 0.433. The maximum atomic E-state index is 12.7. The van der Waals surface area contributed by atoms with Gasteiger partial charge in [-0.1, -0.05) is 13.8 Å². The Bertz CT molecular complexity index is 1570. The molecule has 0 amide bonds. The molecule has 0 spiro atoms. The number of rotatable bonds is 3. The molecule has 7 heteroatoms. The molecule has 0 saturated carbocycles. The molecule has 0 aliphatic carbocycles. The molecule has 4 aromatic rings. The van der Waals surface area contributed by atoms with Gasteiger partial charge in [-0.05, 0) is 48.7 Å². The number of aromatic nitrogens is 3. The first-order chi connectivity index (χ1) is 16.7. The van der Waals surface area contributed by atoms with Crippen LogP contribution in [0.5, 0.6) is 0 Å². The Morgan fingerprint density at radius 1 is 1.00 bits per heavy atom. The Labute approximate surface area is 205 Å². The number of nitriles is 1. The first kappa shape index (κ1) is 22.7. The third kappa shape index (κ3) is 3.66. The van der Waals surface area contributed by atoms with E-state index in [2.05, 4.69) is 60.1 Å². The zero-order chi connectivity index (χ0) is 25.0. The van der Waals surface area contributed by atoms with Crippen molar-refractivity contribution in [3.63, 3.8) is 0 Å². The molecule has 1 aliphatic heterocycles. The Morgan fingerprint density at radius 2 is 1.77 bits per heavy atom. The fourth-order valence-electron chi connectivity index (χ4n) is 5.01. The molecule has 2 aromatic carbocycles. The van der Waals surface area contributed by atoms with Gasteiger partial charge < -0.3 is 14.4 Å². The van der Waals surface area contributed by atoms with Crippen LogP contribution >= 0.6 is 0 Å². The molecule has 2 aromatic heterocycles. The average Bonchev–Trinajstić information content (AvgIpc) is 3.28. The molecule has 0 saturated heterocycles. The van der Waals surface area contributed by atoms with Gasteiger partial charge in [-0.3, -0.25) is 9.48 Å². The summed E-state index contributed by atoms with van der Waals surface area (Å²) in [6.45, 7) is 7.82. The molecule has 178 valence electrons. The normalized spacial score (nSPS) is 13.4. The van der Waals surface area contributed by atoms with Gasteiger partial charge in [0, 0.05) is 62.5 Å². The fraction of sp³-hybridized carbons (Fsp3) is 0.321. The van der Waals surface area contributed by atoms with Crippen molar-refractivity contribution in [2.75, 3.05) is 29.9 Å². The molecule has 5 rings (SSSR count). The van der Waals surface area contributed by atoms with Gasteiger partial charge in [-0.25, -0.2) is 0 Å². The second-order valence-corrected chi connectivity index (χ2v) is 9.79. The van der Waals surface area contributed by atoms with Crippen molar-refractivity contribution in [3.8, 4) is 17.2 Å². The second-order valence-electron chi connectivity index (χ2n) is 9.79.